The Morgan fingerprint density at radius 1 is 1.19 bits per heavy atom. The Labute approximate surface area is 153 Å². The summed E-state index contributed by atoms with van der Waals surface area (Å²) in [7, 11) is 2.11. The molecule has 0 radical (unpaired) electrons. The van der Waals surface area contributed by atoms with Crippen molar-refractivity contribution in [1.29, 1.82) is 0 Å². The number of carboxylic acids is 1. The molecule has 0 amide bonds. The van der Waals surface area contributed by atoms with E-state index in [0.29, 0.717) is 0 Å². The lowest BCUT2D eigenvalue weighted by Gasteiger charge is -2.40. The minimum absolute atomic E-state index is 0.00361. The van der Waals surface area contributed by atoms with Gasteiger partial charge in [0.25, 0.3) is 0 Å². The predicted octanol–water partition coefficient (Wildman–Crippen LogP) is 4.46. The Kier molecular flexibility index (Phi) is 4.55. The summed E-state index contributed by atoms with van der Waals surface area (Å²) in [4.78, 5) is 13.1. The third-order valence-corrected chi connectivity index (χ3v) is 4.78. The van der Waals surface area contributed by atoms with Crippen LogP contribution in [0.15, 0.2) is 53.6 Å². The van der Waals surface area contributed by atoms with Crippen molar-refractivity contribution in [1.82, 2.24) is 0 Å². The van der Waals surface area contributed by atoms with Gasteiger partial charge < -0.3 is 10.0 Å². The molecule has 3 rings (SSSR count). The molecular weight excluding hydrogens is 326 g/mol. The van der Waals surface area contributed by atoms with Crippen LogP contribution in [0.2, 0.25) is 0 Å². The minimum atomic E-state index is -0.939. The molecule has 134 valence electrons. The van der Waals surface area contributed by atoms with Crippen molar-refractivity contribution in [3.63, 3.8) is 0 Å². The summed E-state index contributed by atoms with van der Waals surface area (Å²) >= 11 is 0. The van der Waals surface area contributed by atoms with E-state index in [-0.39, 0.29) is 11.1 Å². The second-order valence-corrected chi connectivity index (χ2v) is 7.07. The lowest BCUT2D eigenvalue weighted by atomic mass is 9.89. The number of fused-ring (bicyclic) bond motifs is 1. The second-order valence-electron chi connectivity index (χ2n) is 7.07. The van der Waals surface area contributed by atoms with Gasteiger partial charge in [-0.1, -0.05) is 12.1 Å². The highest BCUT2D eigenvalue weighted by atomic mass is 16.4. The number of hydrogen-bond donors (Lipinski definition) is 2. The van der Waals surface area contributed by atoms with Crippen LogP contribution in [-0.2, 0) is 0 Å². The van der Waals surface area contributed by atoms with Gasteiger partial charge in [-0.25, -0.2) is 4.79 Å². The molecule has 1 heterocycles. The lowest BCUT2D eigenvalue weighted by molar-refractivity contribution is 0.0697. The third kappa shape index (κ3) is 3.47. The summed E-state index contributed by atoms with van der Waals surface area (Å²) < 4.78 is 0. The van der Waals surface area contributed by atoms with E-state index in [1.54, 1.807) is 30.5 Å². The van der Waals surface area contributed by atoms with Crippen LogP contribution in [0.25, 0.3) is 5.57 Å². The third-order valence-electron chi connectivity index (χ3n) is 4.78. The van der Waals surface area contributed by atoms with Gasteiger partial charge in [0.15, 0.2) is 0 Å². The quantitative estimate of drug-likeness (QED) is 0.632. The zero-order valence-electron chi connectivity index (χ0n) is 15.4. The Bertz CT molecular complexity index is 896. The maximum atomic E-state index is 10.9. The molecule has 0 spiro atoms. The average Bonchev–Trinajstić information content (AvgIpc) is 2.60. The molecule has 26 heavy (non-hydrogen) atoms. The molecule has 2 N–H and O–H groups in total. The summed E-state index contributed by atoms with van der Waals surface area (Å²) in [5.74, 6) is -0.939. The number of aromatic carboxylic acids is 1. The predicted molar refractivity (Wildman–Crippen MR) is 107 cm³/mol. The molecule has 0 bridgehead atoms. The number of anilines is 2. The van der Waals surface area contributed by atoms with E-state index in [0.717, 1.165) is 11.3 Å². The van der Waals surface area contributed by atoms with Gasteiger partial charge in [-0.15, -0.1) is 0 Å². The van der Waals surface area contributed by atoms with Gasteiger partial charge in [-0.05, 0) is 68.3 Å². The molecule has 2 aromatic rings. The van der Waals surface area contributed by atoms with E-state index in [1.165, 1.54) is 16.8 Å². The molecular formula is C21H23N3O2. The molecule has 0 fully saturated rings. The lowest BCUT2D eigenvalue weighted by Crippen LogP contribution is -2.42. The Hall–Kier alpha value is -3.08. The summed E-state index contributed by atoms with van der Waals surface area (Å²) in [5, 5.41) is 13.2. The van der Waals surface area contributed by atoms with Crippen LogP contribution in [0.5, 0.6) is 0 Å². The van der Waals surface area contributed by atoms with Crippen molar-refractivity contribution in [2.75, 3.05) is 17.4 Å². The highest BCUT2D eigenvalue weighted by molar-refractivity contribution is 5.89. The van der Waals surface area contributed by atoms with Crippen LogP contribution in [-0.4, -0.2) is 29.9 Å². The number of rotatable bonds is 4. The first-order valence-corrected chi connectivity index (χ1v) is 8.48. The normalized spacial score (nSPS) is 15.5. The van der Waals surface area contributed by atoms with E-state index < -0.39 is 5.97 Å². The van der Waals surface area contributed by atoms with Gasteiger partial charge in [0, 0.05) is 18.3 Å². The van der Waals surface area contributed by atoms with Gasteiger partial charge in [-0.3, -0.25) is 5.43 Å². The van der Waals surface area contributed by atoms with Crippen LogP contribution in [0.3, 0.4) is 0 Å². The van der Waals surface area contributed by atoms with Gasteiger partial charge in [-0.2, -0.15) is 5.10 Å². The summed E-state index contributed by atoms with van der Waals surface area (Å²) in [6.07, 6.45) is 4.04. The van der Waals surface area contributed by atoms with Gasteiger partial charge in [0.05, 0.1) is 23.0 Å². The summed E-state index contributed by atoms with van der Waals surface area (Å²) in [5.41, 5.74) is 8.59. The topological polar surface area (TPSA) is 64.9 Å². The average molecular weight is 349 g/mol. The number of likely N-dealkylation sites (N-methyl/N-ethyl adjacent to an activating group) is 1. The summed E-state index contributed by atoms with van der Waals surface area (Å²) in [6, 6.07) is 12.8. The molecule has 5 nitrogen and oxygen atoms in total. The largest absolute Gasteiger partial charge is 0.478 e. The highest BCUT2D eigenvalue weighted by Crippen LogP contribution is 2.37. The number of nitrogens with one attached hydrogen (secondary N) is 1. The van der Waals surface area contributed by atoms with Crippen LogP contribution >= 0.6 is 0 Å². The number of hydrazone groups is 1. The molecule has 0 aromatic heterocycles. The summed E-state index contributed by atoms with van der Waals surface area (Å²) in [6.45, 7) is 6.54. The maximum absolute atomic E-state index is 10.9. The second kappa shape index (κ2) is 6.67. The first-order chi connectivity index (χ1) is 12.3. The smallest absolute Gasteiger partial charge is 0.335 e. The fourth-order valence-electron chi connectivity index (χ4n) is 3.13. The van der Waals surface area contributed by atoms with Crippen molar-refractivity contribution in [2.45, 2.75) is 26.3 Å². The van der Waals surface area contributed by atoms with E-state index in [2.05, 4.69) is 61.5 Å². The zero-order valence-corrected chi connectivity index (χ0v) is 15.4. The van der Waals surface area contributed by atoms with Crippen LogP contribution in [0.4, 0.5) is 11.4 Å². The molecule has 5 heteroatoms. The fraction of sp³-hybridized carbons (Fsp3) is 0.238. The Morgan fingerprint density at radius 3 is 2.54 bits per heavy atom. The van der Waals surface area contributed by atoms with E-state index in [4.69, 9.17) is 5.11 Å². The Balaban J connectivity index is 1.76. The van der Waals surface area contributed by atoms with Crippen molar-refractivity contribution in [3.05, 3.63) is 65.2 Å². The number of allylic oxidation sites excluding steroid dienone is 1. The minimum Gasteiger partial charge on any atom is -0.478 e. The first kappa shape index (κ1) is 17.7. The molecule has 0 unspecified atom stereocenters. The zero-order chi connectivity index (χ0) is 18.9. The number of nitrogens with zero attached hydrogens (tertiary/aromatic N) is 2. The first-order valence-electron chi connectivity index (χ1n) is 8.48. The van der Waals surface area contributed by atoms with Crippen molar-refractivity contribution >= 4 is 29.1 Å². The van der Waals surface area contributed by atoms with Crippen molar-refractivity contribution < 1.29 is 9.90 Å². The van der Waals surface area contributed by atoms with Crippen LogP contribution in [0, 0.1) is 0 Å². The van der Waals surface area contributed by atoms with Crippen molar-refractivity contribution in [2.24, 2.45) is 5.10 Å². The monoisotopic (exact) mass is 349 g/mol. The maximum Gasteiger partial charge on any atom is 0.335 e. The van der Waals surface area contributed by atoms with Gasteiger partial charge >= 0.3 is 5.97 Å². The molecule has 1 aliphatic heterocycles. The highest BCUT2D eigenvalue weighted by Gasteiger charge is 2.28. The number of benzene rings is 2. The van der Waals surface area contributed by atoms with E-state index >= 15 is 0 Å². The standard InChI is InChI=1S/C21H23N3O2/c1-14-12-21(2,3)24(4)19-10-5-15(11-18(14)19)13-22-23-17-8-6-16(7-9-17)20(25)26/h5-13,23H,1-4H3,(H,25,26)/b22-13+. The molecule has 1 aliphatic rings. The van der Waals surface area contributed by atoms with Crippen LogP contribution in [0.1, 0.15) is 42.3 Å². The molecule has 0 saturated carbocycles. The number of carboxylic acid groups (broad SMARTS) is 1. The molecule has 2 aromatic carbocycles. The molecule has 0 atom stereocenters. The Morgan fingerprint density at radius 2 is 1.88 bits per heavy atom. The molecule has 0 saturated heterocycles. The molecule has 0 aliphatic carbocycles. The van der Waals surface area contributed by atoms with Gasteiger partial charge in [0.2, 0.25) is 0 Å². The number of carbonyl (C=O) groups is 1. The SMILES string of the molecule is CC1=CC(C)(C)N(C)c2ccc(/C=N/Nc3ccc(C(=O)O)cc3)cc21. The van der Waals surface area contributed by atoms with Crippen LogP contribution < -0.4 is 10.3 Å². The van der Waals surface area contributed by atoms with E-state index in [1.807, 2.05) is 6.07 Å². The van der Waals surface area contributed by atoms with E-state index in [9.17, 15) is 4.79 Å². The number of hydrogen-bond acceptors (Lipinski definition) is 4. The van der Waals surface area contributed by atoms with Crippen molar-refractivity contribution in [3.8, 4) is 0 Å². The fourth-order valence-corrected chi connectivity index (χ4v) is 3.13. The van der Waals surface area contributed by atoms with Gasteiger partial charge in [0.1, 0.15) is 0 Å².